The first kappa shape index (κ1) is 20.0. The van der Waals surface area contributed by atoms with Crippen LogP contribution in [0.2, 0.25) is 0 Å². The van der Waals surface area contributed by atoms with Gasteiger partial charge < -0.3 is 10.2 Å². The van der Waals surface area contributed by atoms with Crippen LogP contribution in [-0.4, -0.2) is 54.6 Å². The number of aryl methyl sites for hydroxylation is 2. The molecule has 0 aromatic carbocycles. The molecule has 9 nitrogen and oxygen atoms in total. The second-order valence-electron chi connectivity index (χ2n) is 7.93. The summed E-state index contributed by atoms with van der Waals surface area (Å²) in [7, 11) is 1.70. The summed E-state index contributed by atoms with van der Waals surface area (Å²) in [6.45, 7) is 9.96. The third kappa shape index (κ3) is 4.07. The van der Waals surface area contributed by atoms with Gasteiger partial charge in [-0.05, 0) is 31.7 Å². The number of amides is 2. The zero-order valence-corrected chi connectivity index (χ0v) is 17.3. The molecule has 0 spiro atoms. The minimum absolute atomic E-state index is 0.00810. The molecule has 0 radical (unpaired) electrons. The quantitative estimate of drug-likeness (QED) is 0.779. The maximum Gasteiger partial charge on any atom is 0.276 e. The Morgan fingerprint density at radius 3 is 2.86 bits per heavy atom. The molecule has 2 aromatic rings. The van der Waals surface area contributed by atoms with Crippen LogP contribution in [0.4, 0.5) is 0 Å². The highest BCUT2D eigenvalue weighted by atomic mass is 16.2. The molecule has 1 aliphatic heterocycles. The number of aromatic nitrogens is 5. The monoisotopic (exact) mass is 387 g/mol. The summed E-state index contributed by atoms with van der Waals surface area (Å²) >= 11 is 0. The van der Waals surface area contributed by atoms with Gasteiger partial charge in [0.1, 0.15) is 0 Å². The molecule has 152 valence electrons. The number of hydrogen-bond acceptors (Lipinski definition) is 5. The van der Waals surface area contributed by atoms with Gasteiger partial charge in [-0.1, -0.05) is 26.0 Å². The van der Waals surface area contributed by atoms with Gasteiger partial charge in [0.15, 0.2) is 11.4 Å². The van der Waals surface area contributed by atoms with Gasteiger partial charge in [0.25, 0.3) is 11.8 Å². The van der Waals surface area contributed by atoms with Crippen molar-refractivity contribution in [2.75, 3.05) is 7.05 Å². The Bertz CT molecular complexity index is 868. The lowest BCUT2D eigenvalue weighted by molar-refractivity contribution is 0.0763. The maximum atomic E-state index is 13.0. The summed E-state index contributed by atoms with van der Waals surface area (Å²) in [5.41, 5.74) is 2.22. The molecule has 0 unspecified atom stereocenters. The van der Waals surface area contributed by atoms with E-state index in [4.69, 9.17) is 0 Å². The fourth-order valence-electron chi connectivity index (χ4n) is 3.65. The number of nitrogens with zero attached hydrogens (tertiary/aromatic N) is 6. The van der Waals surface area contributed by atoms with Crippen molar-refractivity contribution < 1.29 is 9.59 Å². The largest absolute Gasteiger partial charge is 0.346 e. The lowest BCUT2D eigenvalue weighted by Crippen LogP contribution is -2.46. The molecule has 2 amide bonds. The summed E-state index contributed by atoms with van der Waals surface area (Å²) in [6, 6.07) is 1.98. The Morgan fingerprint density at radius 2 is 2.18 bits per heavy atom. The molecule has 28 heavy (non-hydrogen) atoms. The molecule has 0 aliphatic carbocycles. The summed E-state index contributed by atoms with van der Waals surface area (Å²) in [6.07, 6.45) is 1.82. The minimum Gasteiger partial charge on any atom is -0.346 e. The number of carbonyl (C=O) groups excluding carboxylic acids is 2. The van der Waals surface area contributed by atoms with E-state index < -0.39 is 0 Å². The molecule has 3 heterocycles. The lowest BCUT2D eigenvalue weighted by atomic mass is 10.0. The first-order valence-electron chi connectivity index (χ1n) is 9.83. The second kappa shape index (κ2) is 8.12. The molecule has 1 N–H and O–H groups in total. The molecule has 0 saturated carbocycles. The van der Waals surface area contributed by atoms with Gasteiger partial charge >= 0.3 is 0 Å². The van der Waals surface area contributed by atoms with Crippen LogP contribution in [0.3, 0.4) is 0 Å². The van der Waals surface area contributed by atoms with Crippen molar-refractivity contribution in [2.45, 2.75) is 66.2 Å². The minimum atomic E-state index is -0.319. The van der Waals surface area contributed by atoms with Crippen molar-refractivity contribution in [2.24, 2.45) is 5.92 Å². The predicted octanol–water partition coefficient (Wildman–Crippen LogP) is 1.62. The Morgan fingerprint density at radius 1 is 1.43 bits per heavy atom. The highest BCUT2D eigenvalue weighted by molar-refractivity contribution is 6.05. The van der Waals surface area contributed by atoms with Crippen molar-refractivity contribution in [1.29, 1.82) is 0 Å². The van der Waals surface area contributed by atoms with Crippen LogP contribution in [-0.2, 0) is 19.6 Å². The van der Waals surface area contributed by atoms with Crippen molar-refractivity contribution in [3.8, 4) is 0 Å². The molecule has 9 heteroatoms. The SMILES string of the molecule is CCCn1nc(C)cc1CN(C)C(=O)c1nnn2c1C(=O)N[C@@H](CC(C)C)C2. The smallest absolute Gasteiger partial charge is 0.276 e. The van der Waals surface area contributed by atoms with E-state index in [9.17, 15) is 9.59 Å². The standard InChI is InChI=1S/C19H29N7O2/c1-6-7-25-15(9-13(4)22-25)11-24(5)19(28)16-17-18(27)20-14(8-12(2)3)10-26(17)23-21-16/h9,12,14H,6-8,10-11H2,1-5H3,(H,20,27)/t14-/m0/s1. The third-order valence-corrected chi connectivity index (χ3v) is 4.80. The molecule has 1 atom stereocenters. The van der Waals surface area contributed by atoms with Gasteiger partial charge in [0.2, 0.25) is 0 Å². The molecule has 3 rings (SSSR count). The second-order valence-corrected chi connectivity index (χ2v) is 7.93. The van der Waals surface area contributed by atoms with Gasteiger partial charge in [-0.3, -0.25) is 14.3 Å². The molecule has 0 saturated heterocycles. The summed E-state index contributed by atoms with van der Waals surface area (Å²) in [4.78, 5) is 27.1. The van der Waals surface area contributed by atoms with Gasteiger partial charge in [-0.15, -0.1) is 5.10 Å². The number of fused-ring (bicyclic) bond motifs is 1. The van der Waals surface area contributed by atoms with Crippen molar-refractivity contribution in [3.63, 3.8) is 0 Å². The fourth-order valence-corrected chi connectivity index (χ4v) is 3.65. The summed E-state index contributed by atoms with van der Waals surface area (Å²) in [5.74, 6) is -0.148. The Balaban J connectivity index is 1.77. The predicted molar refractivity (Wildman–Crippen MR) is 104 cm³/mol. The first-order valence-corrected chi connectivity index (χ1v) is 9.83. The fraction of sp³-hybridized carbons (Fsp3) is 0.632. The van der Waals surface area contributed by atoms with Gasteiger partial charge in [-0.2, -0.15) is 5.10 Å². The van der Waals surface area contributed by atoms with E-state index in [-0.39, 0.29) is 29.2 Å². The van der Waals surface area contributed by atoms with E-state index in [1.54, 1.807) is 16.6 Å². The van der Waals surface area contributed by atoms with E-state index in [1.165, 1.54) is 0 Å². The maximum absolute atomic E-state index is 13.0. The van der Waals surface area contributed by atoms with Crippen LogP contribution in [0, 0.1) is 12.8 Å². The highest BCUT2D eigenvalue weighted by Gasteiger charge is 2.33. The lowest BCUT2D eigenvalue weighted by Gasteiger charge is -2.26. The average Bonchev–Trinajstić information content (AvgIpc) is 3.18. The number of rotatable bonds is 7. The van der Waals surface area contributed by atoms with Crippen LogP contribution in [0.15, 0.2) is 6.07 Å². The van der Waals surface area contributed by atoms with Crippen LogP contribution in [0.25, 0.3) is 0 Å². The Hall–Kier alpha value is -2.71. The summed E-state index contributed by atoms with van der Waals surface area (Å²) < 4.78 is 3.47. The van der Waals surface area contributed by atoms with E-state index in [2.05, 4.69) is 41.5 Å². The zero-order valence-electron chi connectivity index (χ0n) is 17.3. The first-order chi connectivity index (χ1) is 13.3. The third-order valence-electron chi connectivity index (χ3n) is 4.80. The van der Waals surface area contributed by atoms with Crippen molar-refractivity contribution in [1.82, 2.24) is 35.0 Å². The van der Waals surface area contributed by atoms with Crippen LogP contribution >= 0.6 is 0 Å². The van der Waals surface area contributed by atoms with E-state index in [0.717, 1.165) is 30.8 Å². The van der Waals surface area contributed by atoms with E-state index >= 15 is 0 Å². The van der Waals surface area contributed by atoms with E-state index in [1.807, 2.05) is 17.7 Å². The molecular weight excluding hydrogens is 358 g/mol. The number of nitrogens with one attached hydrogen (secondary N) is 1. The van der Waals surface area contributed by atoms with Gasteiger partial charge in [0, 0.05) is 19.6 Å². The Kier molecular flexibility index (Phi) is 5.81. The zero-order chi connectivity index (χ0) is 20.4. The van der Waals surface area contributed by atoms with Gasteiger partial charge in [0.05, 0.1) is 24.5 Å². The molecule has 0 fully saturated rings. The summed E-state index contributed by atoms with van der Waals surface area (Å²) in [5, 5.41) is 15.5. The topological polar surface area (TPSA) is 97.9 Å². The normalized spacial score (nSPS) is 16.2. The van der Waals surface area contributed by atoms with Crippen LogP contribution in [0.1, 0.15) is 66.0 Å². The van der Waals surface area contributed by atoms with E-state index in [0.29, 0.717) is 19.0 Å². The average molecular weight is 387 g/mol. The highest BCUT2D eigenvalue weighted by Crippen LogP contribution is 2.18. The number of carbonyl (C=O) groups is 2. The van der Waals surface area contributed by atoms with Crippen molar-refractivity contribution >= 4 is 11.8 Å². The van der Waals surface area contributed by atoms with Crippen LogP contribution < -0.4 is 5.32 Å². The molecule has 0 bridgehead atoms. The Labute approximate surface area is 165 Å². The number of hydrogen-bond donors (Lipinski definition) is 1. The van der Waals surface area contributed by atoms with Crippen molar-refractivity contribution in [3.05, 3.63) is 28.8 Å². The molecular formula is C19H29N7O2. The molecule has 1 aliphatic rings. The van der Waals surface area contributed by atoms with Crippen LogP contribution in [0.5, 0.6) is 0 Å². The van der Waals surface area contributed by atoms with Gasteiger partial charge in [-0.25, -0.2) is 4.68 Å². The molecule has 2 aromatic heterocycles.